The van der Waals surface area contributed by atoms with Gasteiger partial charge in [-0.2, -0.15) is 18.3 Å². The smallest absolute Gasteiger partial charge is 0.389 e. The molecule has 0 saturated carbocycles. The van der Waals surface area contributed by atoms with Gasteiger partial charge in [0.1, 0.15) is 0 Å². The lowest BCUT2D eigenvalue weighted by Gasteiger charge is -2.18. The lowest BCUT2D eigenvalue weighted by atomic mass is 9.88. The second-order valence-electron chi connectivity index (χ2n) is 6.35. The maximum absolute atomic E-state index is 12.6. The Kier molecular flexibility index (Phi) is 4.08. The minimum atomic E-state index is -4.36. The molecule has 1 aromatic carbocycles. The summed E-state index contributed by atoms with van der Waals surface area (Å²) in [6.45, 7) is 7.55. The van der Waals surface area contributed by atoms with E-state index in [0.29, 0.717) is 11.3 Å². The zero-order valence-electron chi connectivity index (χ0n) is 12.9. The molecule has 0 aliphatic carbocycles. The number of rotatable bonds is 2. The van der Waals surface area contributed by atoms with E-state index >= 15 is 0 Å². The van der Waals surface area contributed by atoms with Gasteiger partial charge in [0.25, 0.3) is 0 Å². The quantitative estimate of drug-likeness (QED) is 0.900. The molecule has 22 heavy (non-hydrogen) atoms. The van der Waals surface area contributed by atoms with Crippen LogP contribution in [0.4, 0.5) is 13.2 Å². The molecule has 1 unspecified atom stereocenters. The first kappa shape index (κ1) is 16.5. The van der Waals surface area contributed by atoms with E-state index in [0.717, 1.165) is 17.8 Å². The van der Waals surface area contributed by atoms with E-state index in [1.807, 2.05) is 20.8 Å². The first-order chi connectivity index (χ1) is 10.00. The van der Waals surface area contributed by atoms with Gasteiger partial charge in [0.2, 0.25) is 0 Å². The van der Waals surface area contributed by atoms with Gasteiger partial charge in [-0.1, -0.05) is 20.8 Å². The first-order valence-corrected chi connectivity index (χ1v) is 6.96. The number of hydrogen-bond donors (Lipinski definition) is 1. The molecule has 0 aliphatic rings. The Morgan fingerprint density at radius 2 is 1.64 bits per heavy atom. The van der Waals surface area contributed by atoms with E-state index in [1.54, 1.807) is 13.1 Å². The molecule has 1 N–H and O–H groups in total. The SMILES string of the molecule is CC(O)c1cn(-c2ccc(C(F)(F)F)cc2)nc1C(C)(C)C. The molecule has 0 bridgehead atoms. The van der Waals surface area contributed by atoms with Crippen LogP contribution in [0.3, 0.4) is 0 Å². The summed E-state index contributed by atoms with van der Waals surface area (Å²) in [4.78, 5) is 0. The van der Waals surface area contributed by atoms with Crippen LogP contribution in [0.15, 0.2) is 30.5 Å². The maximum atomic E-state index is 12.6. The standard InChI is InChI=1S/C16H19F3N2O/c1-10(22)13-9-21(20-14(13)15(2,3)4)12-7-5-11(6-8-12)16(17,18)19/h5-10,22H,1-4H3. The molecule has 2 aromatic rings. The number of benzene rings is 1. The molecule has 3 nitrogen and oxygen atoms in total. The third-order valence-electron chi connectivity index (χ3n) is 3.36. The Morgan fingerprint density at radius 3 is 2.00 bits per heavy atom. The molecule has 0 fully saturated rings. The lowest BCUT2D eigenvalue weighted by Crippen LogP contribution is -2.15. The summed E-state index contributed by atoms with van der Waals surface area (Å²) in [5.41, 5.74) is 0.944. The van der Waals surface area contributed by atoms with Gasteiger partial charge < -0.3 is 5.11 Å². The summed E-state index contributed by atoms with van der Waals surface area (Å²) >= 11 is 0. The predicted molar refractivity (Wildman–Crippen MR) is 77.9 cm³/mol. The molecule has 0 aliphatic heterocycles. The Labute approximate surface area is 127 Å². The minimum absolute atomic E-state index is 0.274. The summed E-state index contributed by atoms with van der Waals surface area (Å²) in [5.74, 6) is 0. The first-order valence-electron chi connectivity index (χ1n) is 6.96. The van der Waals surface area contributed by atoms with E-state index in [1.165, 1.54) is 16.8 Å². The number of aliphatic hydroxyl groups is 1. The van der Waals surface area contributed by atoms with Crippen molar-refractivity contribution in [1.29, 1.82) is 0 Å². The van der Waals surface area contributed by atoms with Crippen molar-refractivity contribution < 1.29 is 18.3 Å². The fourth-order valence-corrected chi connectivity index (χ4v) is 2.21. The molecule has 0 saturated heterocycles. The summed E-state index contributed by atoms with van der Waals surface area (Å²) < 4.78 is 39.3. The third-order valence-corrected chi connectivity index (χ3v) is 3.36. The number of aliphatic hydroxyl groups excluding tert-OH is 1. The van der Waals surface area contributed by atoms with E-state index in [-0.39, 0.29) is 5.41 Å². The molecule has 0 amide bonds. The van der Waals surface area contributed by atoms with Gasteiger partial charge in [-0.25, -0.2) is 4.68 Å². The van der Waals surface area contributed by atoms with E-state index < -0.39 is 17.8 Å². The van der Waals surface area contributed by atoms with Gasteiger partial charge in [0.05, 0.1) is 23.0 Å². The molecule has 0 spiro atoms. The van der Waals surface area contributed by atoms with Crippen molar-refractivity contribution >= 4 is 0 Å². The minimum Gasteiger partial charge on any atom is -0.389 e. The zero-order chi connectivity index (χ0) is 16.7. The van der Waals surface area contributed by atoms with Crippen LogP contribution in [-0.4, -0.2) is 14.9 Å². The largest absolute Gasteiger partial charge is 0.416 e. The lowest BCUT2D eigenvalue weighted by molar-refractivity contribution is -0.137. The zero-order valence-corrected chi connectivity index (χ0v) is 12.9. The molecule has 2 rings (SSSR count). The van der Waals surface area contributed by atoms with Crippen molar-refractivity contribution in [2.75, 3.05) is 0 Å². The summed E-state index contributed by atoms with van der Waals surface area (Å²) in [5, 5.41) is 14.3. The van der Waals surface area contributed by atoms with Crippen molar-refractivity contribution in [3.63, 3.8) is 0 Å². The highest BCUT2D eigenvalue weighted by atomic mass is 19.4. The summed E-state index contributed by atoms with van der Waals surface area (Å²) in [6.07, 6.45) is -3.39. The van der Waals surface area contributed by atoms with Crippen LogP contribution in [0.25, 0.3) is 5.69 Å². The summed E-state index contributed by atoms with van der Waals surface area (Å²) in [7, 11) is 0. The molecule has 6 heteroatoms. The van der Waals surface area contributed by atoms with Crippen molar-refractivity contribution in [3.8, 4) is 5.69 Å². The number of halogens is 3. The monoisotopic (exact) mass is 312 g/mol. The third kappa shape index (κ3) is 3.32. The molecule has 1 atom stereocenters. The Morgan fingerprint density at radius 1 is 1.09 bits per heavy atom. The predicted octanol–water partition coefficient (Wildman–Crippen LogP) is 4.24. The molecule has 0 radical (unpaired) electrons. The average molecular weight is 312 g/mol. The van der Waals surface area contributed by atoms with Crippen LogP contribution >= 0.6 is 0 Å². The van der Waals surface area contributed by atoms with E-state index in [4.69, 9.17) is 0 Å². The topological polar surface area (TPSA) is 38.0 Å². The molecular formula is C16H19F3N2O. The number of hydrogen-bond acceptors (Lipinski definition) is 2. The highest BCUT2D eigenvalue weighted by Crippen LogP contribution is 2.31. The van der Waals surface area contributed by atoms with Gasteiger partial charge >= 0.3 is 6.18 Å². The van der Waals surface area contributed by atoms with E-state index in [9.17, 15) is 18.3 Å². The van der Waals surface area contributed by atoms with E-state index in [2.05, 4.69) is 5.10 Å². The Bertz CT molecular complexity index is 650. The van der Waals surface area contributed by atoms with Crippen molar-refractivity contribution in [2.45, 2.75) is 45.4 Å². The van der Waals surface area contributed by atoms with Crippen LogP contribution in [0.5, 0.6) is 0 Å². The highest BCUT2D eigenvalue weighted by molar-refractivity contribution is 5.38. The Balaban J connectivity index is 2.46. The van der Waals surface area contributed by atoms with Crippen LogP contribution in [0.2, 0.25) is 0 Å². The second-order valence-corrected chi connectivity index (χ2v) is 6.35. The second kappa shape index (κ2) is 5.43. The maximum Gasteiger partial charge on any atom is 0.416 e. The van der Waals surface area contributed by atoms with Crippen LogP contribution in [-0.2, 0) is 11.6 Å². The normalized spacial score (nSPS) is 14.2. The molecule has 1 aromatic heterocycles. The molecule has 120 valence electrons. The fraction of sp³-hybridized carbons (Fsp3) is 0.438. The van der Waals surface area contributed by atoms with Crippen LogP contribution in [0, 0.1) is 0 Å². The average Bonchev–Trinajstić information content (AvgIpc) is 2.83. The van der Waals surface area contributed by atoms with Crippen molar-refractivity contribution in [3.05, 3.63) is 47.3 Å². The number of alkyl halides is 3. The number of nitrogens with zero attached hydrogens (tertiary/aromatic N) is 2. The highest BCUT2D eigenvalue weighted by Gasteiger charge is 2.30. The fourth-order valence-electron chi connectivity index (χ4n) is 2.21. The van der Waals surface area contributed by atoms with Gasteiger partial charge in [-0.05, 0) is 31.2 Å². The van der Waals surface area contributed by atoms with Gasteiger partial charge in [-0.3, -0.25) is 0 Å². The van der Waals surface area contributed by atoms with Crippen molar-refractivity contribution in [2.24, 2.45) is 0 Å². The Hall–Kier alpha value is -1.82. The van der Waals surface area contributed by atoms with Crippen LogP contribution in [0.1, 0.15) is 50.6 Å². The van der Waals surface area contributed by atoms with Crippen LogP contribution < -0.4 is 0 Å². The van der Waals surface area contributed by atoms with Crippen molar-refractivity contribution in [1.82, 2.24) is 9.78 Å². The number of aromatic nitrogens is 2. The molecular weight excluding hydrogens is 293 g/mol. The summed E-state index contributed by atoms with van der Waals surface area (Å²) in [6, 6.07) is 4.79. The van der Waals surface area contributed by atoms with Gasteiger partial charge in [-0.15, -0.1) is 0 Å². The van der Waals surface area contributed by atoms with Gasteiger partial charge in [0.15, 0.2) is 0 Å². The molecule has 1 heterocycles. The van der Waals surface area contributed by atoms with Gasteiger partial charge in [0, 0.05) is 17.2 Å².